The maximum atomic E-state index is 12.7. The molecule has 0 aliphatic carbocycles. The normalized spacial score (nSPS) is 12.0. The van der Waals surface area contributed by atoms with Crippen LogP contribution in [0.5, 0.6) is 0 Å². The fourth-order valence-corrected chi connectivity index (χ4v) is 4.74. The van der Waals surface area contributed by atoms with Gasteiger partial charge in [0.25, 0.3) is 0 Å². The molecule has 0 aliphatic rings. The summed E-state index contributed by atoms with van der Waals surface area (Å²) >= 11 is 3.55. The van der Waals surface area contributed by atoms with Gasteiger partial charge in [-0.2, -0.15) is 0 Å². The van der Waals surface area contributed by atoms with Gasteiger partial charge in [0.2, 0.25) is 0 Å². The molecule has 0 N–H and O–H groups in total. The van der Waals surface area contributed by atoms with Gasteiger partial charge in [-0.1, -0.05) is 34.1 Å². The van der Waals surface area contributed by atoms with Crippen molar-refractivity contribution in [2.24, 2.45) is 7.05 Å². The van der Waals surface area contributed by atoms with Crippen LogP contribution in [0.1, 0.15) is 16.8 Å². The highest BCUT2D eigenvalue weighted by atomic mass is 79.9. The van der Waals surface area contributed by atoms with E-state index in [9.17, 15) is 8.42 Å². The lowest BCUT2D eigenvalue weighted by molar-refractivity contribution is 0.593. The maximum Gasteiger partial charge on any atom is 0.183 e. The minimum absolute atomic E-state index is 0.00466. The van der Waals surface area contributed by atoms with E-state index >= 15 is 0 Å². The van der Waals surface area contributed by atoms with Crippen LogP contribution in [0, 0.1) is 13.8 Å². The minimum atomic E-state index is -3.36. The third-order valence-electron chi connectivity index (χ3n) is 4.31. The van der Waals surface area contributed by atoms with E-state index in [4.69, 9.17) is 0 Å². The smallest absolute Gasteiger partial charge is 0.183 e. The molecule has 3 nitrogen and oxygen atoms in total. The zero-order chi connectivity index (χ0) is 16.8. The first-order chi connectivity index (χ1) is 10.8. The number of rotatable bonds is 3. The summed E-state index contributed by atoms with van der Waals surface area (Å²) in [5.74, 6) is 0.00466. The predicted octanol–water partition coefficient (Wildman–Crippen LogP) is 4.53. The van der Waals surface area contributed by atoms with Crippen LogP contribution in [0.25, 0.3) is 10.9 Å². The molecule has 0 spiro atoms. The number of hydrogen-bond acceptors (Lipinski definition) is 2. The fourth-order valence-electron chi connectivity index (χ4n) is 2.90. The van der Waals surface area contributed by atoms with Crippen LogP contribution in [0.3, 0.4) is 0 Å². The van der Waals surface area contributed by atoms with Crippen LogP contribution in [0.15, 0.2) is 51.8 Å². The number of hydrogen-bond donors (Lipinski definition) is 0. The monoisotopic (exact) mass is 391 g/mol. The first-order valence-electron chi connectivity index (χ1n) is 7.33. The molecule has 1 aromatic heterocycles. The predicted molar refractivity (Wildman–Crippen MR) is 97.4 cm³/mol. The average Bonchev–Trinajstić information content (AvgIpc) is 2.74. The van der Waals surface area contributed by atoms with E-state index in [1.165, 1.54) is 0 Å². The molecule has 0 saturated carbocycles. The lowest BCUT2D eigenvalue weighted by Gasteiger charge is -2.08. The van der Waals surface area contributed by atoms with Crippen molar-refractivity contribution in [1.29, 1.82) is 0 Å². The van der Waals surface area contributed by atoms with E-state index in [-0.39, 0.29) is 5.75 Å². The van der Waals surface area contributed by atoms with Crippen molar-refractivity contribution < 1.29 is 8.42 Å². The van der Waals surface area contributed by atoms with Crippen LogP contribution in [0.2, 0.25) is 0 Å². The fraction of sp³-hybridized carbons (Fsp3) is 0.222. The summed E-state index contributed by atoms with van der Waals surface area (Å²) in [7, 11) is -1.44. The van der Waals surface area contributed by atoms with Gasteiger partial charge in [-0.25, -0.2) is 8.42 Å². The summed E-state index contributed by atoms with van der Waals surface area (Å²) in [6.45, 7) is 4.03. The van der Waals surface area contributed by atoms with Crippen molar-refractivity contribution in [3.63, 3.8) is 0 Å². The van der Waals surface area contributed by atoms with E-state index in [0.717, 1.165) is 32.2 Å². The largest absolute Gasteiger partial charge is 0.346 e. The summed E-state index contributed by atoms with van der Waals surface area (Å²) in [4.78, 5) is 0.363. The SMILES string of the molecule is Cc1cc2c(C)c(CS(=O)(=O)c3ccccc3)n(C)c2cc1Br. The lowest BCUT2D eigenvalue weighted by Crippen LogP contribution is -2.09. The number of nitrogens with zero attached hydrogens (tertiary/aromatic N) is 1. The number of fused-ring (bicyclic) bond motifs is 1. The molecule has 5 heteroatoms. The van der Waals surface area contributed by atoms with Crippen molar-refractivity contribution in [3.05, 3.63) is 63.8 Å². The van der Waals surface area contributed by atoms with Gasteiger partial charge in [-0.05, 0) is 49.2 Å². The maximum absolute atomic E-state index is 12.7. The van der Waals surface area contributed by atoms with E-state index in [1.807, 2.05) is 31.5 Å². The van der Waals surface area contributed by atoms with Gasteiger partial charge in [0.15, 0.2) is 9.84 Å². The second kappa shape index (κ2) is 5.80. The molecule has 1 heterocycles. The van der Waals surface area contributed by atoms with E-state index < -0.39 is 9.84 Å². The molecule has 3 rings (SSSR count). The number of halogens is 1. The molecule has 0 saturated heterocycles. The highest BCUT2D eigenvalue weighted by Crippen LogP contribution is 2.31. The van der Waals surface area contributed by atoms with E-state index in [2.05, 4.69) is 28.1 Å². The van der Waals surface area contributed by atoms with Crippen LogP contribution in [-0.2, 0) is 22.6 Å². The zero-order valence-corrected chi connectivity index (χ0v) is 15.7. The topological polar surface area (TPSA) is 39.1 Å². The van der Waals surface area contributed by atoms with Crippen LogP contribution < -0.4 is 0 Å². The summed E-state index contributed by atoms with van der Waals surface area (Å²) < 4.78 is 28.4. The van der Waals surface area contributed by atoms with Crippen molar-refractivity contribution in [2.75, 3.05) is 0 Å². The van der Waals surface area contributed by atoms with Crippen LogP contribution in [0.4, 0.5) is 0 Å². The Kier molecular flexibility index (Phi) is 4.10. The van der Waals surface area contributed by atoms with Gasteiger partial charge in [0.05, 0.1) is 10.6 Å². The second-order valence-electron chi connectivity index (χ2n) is 5.82. The molecule has 23 heavy (non-hydrogen) atoms. The van der Waals surface area contributed by atoms with Gasteiger partial charge in [0.1, 0.15) is 0 Å². The van der Waals surface area contributed by atoms with Crippen molar-refractivity contribution in [1.82, 2.24) is 4.57 Å². The molecule has 0 bridgehead atoms. The number of aryl methyl sites for hydroxylation is 3. The lowest BCUT2D eigenvalue weighted by atomic mass is 10.1. The van der Waals surface area contributed by atoms with Crippen LogP contribution in [-0.4, -0.2) is 13.0 Å². The Morgan fingerprint density at radius 1 is 1.09 bits per heavy atom. The van der Waals surface area contributed by atoms with Gasteiger partial charge >= 0.3 is 0 Å². The average molecular weight is 392 g/mol. The molecular weight excluding hydrogens is 374 g/mol. The highest BCUT2D eigenvalue weighted by molar-refractivity contribution is 9.10. The third-order valence-corrected chi connectivity index (χ3v) is 6.81. The molecule has 0 unspecified atom stereocenters. The van der Waals surface area contributed by atoms with Crippen molar-refractivity contribution in [3.8, 4) is 0 Å². The number of benzene rings is 2. The molecule has 0 atom stereocenters. The molecule has 0 fully saturated rings. The summed E-state index contributed by atoms with van der Waals surface area (Å²) in [5.41, 5.74) is 4.04. The zero-order valence-electron chi connectivity index (χ0n) is 13.3. The van der Waals surface area contributed by atoms with Crippen molar-refractivity contribution in [2.45, 2.75) is 24.5 Å². The minimum Gasteiger partial charge on any atom is -0.346 e. The number of sulfone groups is 1. The van der Waals surface area contributed by atoms with Crippen molar-refractivity contribution >= 4 is 36.7 Å². The molecule has 0 aliphatic heterocycles. The Hall–Kier alpha value is -1.59. The first kappa shape index (κ1) is 16.3. The first-order valence-corrected chi connectivity index (χ1v) is 9.77. The highest BCUT2D eigenvalue weighted by Gasteiger charge is 2.21. The Morgan fingerprint density at radius 2 is 1.74 bits per heavy atom. The molecule has 2 aromatic carbocycles. The molecule has 0 radical (unpaired) electrons. The van der Waals surface area contributed by atoms with Gasteiger partial charge in [-0.3, -0.25) is 0 Å². The number of aromatic nitrogens is 1. The summed E-state index contributed by atoms with van der Waals surface area (Å²) in [5, 5.41) is 1.10. The molecular formula is C18H18BrNO2S. The Labute approximate surface area is 145 Å². The quantitative estimate of drug-likeness (QED) is 0.657. The summed E-state index contributed by atoms with van der Waals surface area (Å²) in [6, 6.07) is 12.8. The van der Waals surface area contributed by atoms with Crippen LogP contribution >= 0.6 is 15.9 Å². The Morgan fingerprint density at radius 3 is 2.39 bits per heavy atom. The van der Waals surface area contributed by atoms with E-state index in [0.29, 0.717) is 4.90 Å². The third kappa shape index (κ3) is 2.83. The van der Waals surface area contributed by atoms with E-state index in [1.54, 1.807) is 24.3 Å². The Balaban J connectivity index is 2.14. The molecule has 120 valence electrons. The second-order valence-corrected chi connectivity index (χ2v) is 8.67. The van der Waals surface area contributed by atoms with Gasteiger partial charge in [0, 0.05) is 28.1 Å². The Bertz CT molecular complexity index is 944. The molecule has 0 amide bonds. The molecule has 3 aromatic rings. The van der Waals surface area contributed by atoms with Gasteiger partial charge in [-0.15, -0.1) is 0 Å². The standard InChI is InChI=1S/C18H18BrNO2S/c1-12-9-15-13(2)18(20(3)17(15)10-16(12)19)11-23(21,22)14-7-5-4-6-8-14/h4-10H,11H2,1-3H3. The summed E-state index contributed by atoms with van der Waals surface area (Å²) in [6.07, 6.45) is 0. The van der Waals surface area contributed by atoms with Gasteiger partial charge < -0.3 is 4.57 Å².